The Morgan fingerprint density at radius 1 is 1.14 bits per heavy atom. The molecule has 10 nitrogen and oxygen atoms in total. The van der Waals surface area contributed by atoms with E-state index in [9.17, 15) is 4.79 Å². The van der Waals surface area contributed by atoms with E-state index in [-0.39, 0.29) is 5.91 Å². The number of fused-ring (bicyclic) bond motifs is 1. The summed E-state index contributed by atoms with van der Waals surface area (Å²) in [7, 11) is 1.63. The maximum absolute atomic E-state index is 11.9. The van der Waals surface area contributed by atoms with Crippen LogP contribution in [0.5, 0.6) is 5.88 Å². The van der Waals surface area contributed by atoms with E-state index >= 15 is 0 Å². The highest BCUT2D eigenvalue weighted by molar-refractivity contribution is 6.03. The average Bonchev–Trinajstić information content (AvgIpc) is 3.36. The molecule has 3 aromatic rings. The third kappa shape index (κ3) is 6.46. The first-order valence-electron chi connectivity index (χ1n) is 12.8. The van der Waals surface area contributed by atoms with Gasteiger partial charge in [-0.05, 0) is 23.8 Å². The first kappa shape index (κ1) is 25.2. The Balaban J connectivity index is 1.28. The van der Waals surface area contributed by atoms with Crippen LogP contribution < -0.4 is 15.0 Å². The quantitative estimate of drug-likeness (QED) is 0.428. The molecule has 2 aromatic heterocycles. The Kier molecular flexibility index (Phi) is 8.29. The number of carbonyl (C=O) groups is 1. The number of rotatable bonds is 9. The fourth-order valence-electron chi connectivity index (χ4n) is 4.56. The van der Waals surface area contributed by atoms with Crippen LogP contribution in [0.4, 0.5) is 5.82 Å². The molecule has 2 aliphatic heterocycles. The second kappa shape index (κ2) is 12.2. The number of aromatic nitrogens is 2. The summed E-state index contributed by atoms with van der Waals surface area (Å²) in [4.78, 5) is 29.2. The zero-order valence-electron chi connectivity index (χ0n) is 21.2. The molecule has 2 fully saturated rings. The largest absolute Gasteiger partial charge is 0.476 e. The summed E-state index contributed by atoms with van der Waals surface area (Å²) in [6.45, 7) is 8.36. The van der Waals surface area contributed by atoms with Crippen LogP contribution in [-0.4, -0.2) is 99.8 Å². The van der Waals surface area contributed by atoms with Crippen LogP contribution in [0.1, 0.15) is 21.5 Å². The number of nitrogens with zero attached hydrogens (tertiary/aromatic N) is 4. The van der Waals surface area contributed by atoms with Crippen LogP contribution in [0.15, 0.2) is 41.5 Å². The van der Waals surface area contributed by atoms with Gasteiger partial charge in [0, 0.05) is 80.3 Å². The summed E-state index contributed by atoms with van der Waals surface area (Å²) in [5.41, 5.74) is 3.53. The van der Waals surface area contributed by atoms with Crippen LogP contribution in [0.2, 0.25) is 0 Å². The van der Waals surface area contributed by atoms with Gasteiger partial charge in [0.1, 0.15) is 12.4 Å². The molecule has 0 aliphatic carbocycles. The minimum atomic E-state index is -0.108. The van der Waals surface area contributed by atoms with Crippen molar-refractivity contribution in [1.82, 2.24) is 20.2 Å². The van der Waals surface area contributed by atoms with Gasteiger partial charge >= 0.3 is 0 Å². The van der Waals surface area contributed by atoms with E-state index in [0.29, 0.717) is 37.8 Å². The Hall–Kier alpha value is -3.47. The molecule has 1 aromatic carbocycles. The first-order chi connectivity index (χ1) is 18.2. The Morgan fingerprint density at radius 2 is 1.92 bits per heavy atom. The normalized spacial score (nSPS) is 16.9. The van der Waals surface area contributed by atoms with Gasteiger partial charge < -0.3 is 29.4 Å². The van der Waals surface area contributed by atoms with Gasteiger partial charge in [0.15, 0.2) is 0 Å². The molecule has 4 heterocycles. The standard InChI is InChI=1S/C27H34N6O4/c1-28-27(34)21-2-3-23-22(19-30-24(23)16-21)18-29-17-20-14-25(33-7-11-36-12-8-33)31-26(15-20)37-13-6-32-4-9-35-10-5-32/h2-3,14-16,18-19,30H,4-13,17H2,1H3,(H,28,34). The predicted octanol–water partition coefficient (Wildman–Crippen LogP) is 2.09. The van der Waals surface area contributed by atoms with E-state index in [1.807, 2.05) is 36.7 Å². The number of nitrogens with one attached hydrogen (secondary N) is 2. The predicted molar refractivity (Wildman–Crippen MR) is 143 cm³/mol. The molecule has 5 rings (SSSR count). The van der Waals surface area contributed by atoms with Gasteiger partial charge in [-0.2, -0.15) is 4.98 Å². The summed E-state index contributed by atoms with van der Waals surface area (Å²) >= 11 is 0. The highest BCUT2D eigenvalue weighted by Crippen LogP contribution is 2.22. The van der Waals surface area contributed by atoms with Gasteiger partial charge in [0.05, 0.1) is 33.0 Å². The summed E-state index contributed by atoms with van der Waals surface area (Å²) in [6.07, 6.45) is 3.78. The lowest BCUT2D eigenvalue weighted by Gasteiger charge is -2.28. The number of H-pyrrole nitrogens is 1. The summed E-state index contributed by atoms with van der Waals surface area (Å²) in [5.74, 6) is 1.41. The molecule has 0 radical (unpaired) electrons. The van der Waals surface area contributed by atoms with E-state index in [1.54, 1.807) is 7.05 Å². The maximum atomic E-state index is 11.9. The van der Waals surface area contributed by atoms with Crippen molar-refractivity contribution < 1.29 is 19.0 Å². The highest BCUT2D eigenvalue weighted by atomic mass is 16.5. The van der Waals surface area contributed by atoms with Gasteiger partial charge in [0.2, 0.25) is 5.88 Å². The third-order valence-electron chi connectivity index (χ3n) is 6.65. The molecular weight excluding hydrogens is 472 g/mol. The monoisotopic (exact) mass is 506 g/mol. The molecule has 2 N–H and O–H groups in total. The molecule has 0 saturated carbocycles. The smallest absolute Gasteiger partial charge is 0.251 e. The van der Waals surface area contributed by atoms with Crippen molar-refractivity contribution in [2.45, 2.75) is 6.54 Å². The molecule has 10 heteroatoms. The van der Waals surface area contributed by atoms with Crippen LogP contribution in [0.3, 0.4) is 0 Å². The number of amides is 1. The van der Waals surface area contributed by atoms with Crippen molar-refractivity contribution in [2.24, 2.45) is 4.99 Å². The number of ether oxygens (including phenoxy) is 3. The summed E-state index contributed by atoms with van der Waals surface area (Å²) in [5, 5.41) is 3.68. The molecule has 37 heavy (non-hydrogen) atoms. The summed E-state index contributed by atoms with van der Waals surface area (Å²) in [6, 6.07) is 9.68. The van der Waals surface area contributed by atoms with Gasteiger partial charge in [-0.1, -0.05) is 6.07 Å². The van der Waals surface area contributed by atoms with Gasteiger partial charge in [-0.15, -0.1) is 0 Å². The molecule has 2 saturated heterocycles. The minimum Gasteiger partial charge on any atom is -0.476 e. The molecule has 0 bridgehead atoms. The lowest BCUT2D eigenvalue weighted by molar-refractivity contribution is 0.0320. The zero-order chi connectivity index (χ0) is 25.5. The molecule has 0 spiro atoms. The molecule has 1 amide bonds. The number of morpholine rings is 2. The number of hydrogen-bond acceptors (Lipinski definition) is 8. The third-order valence-corrected chi connectivity index (χ3v) is 6.65. The van der Waals surface area contributed by atoms with Crippen molar-refractivity contribution in [2.75, 3.05) is 77.7 Å². The number of aromatic amines is 1. The molecule has 0 unspecified atom stereocenters. The first-order valence-corrected chi connectivity index (χ1v) is 12.8. The fraction of sp³-hybridized carbons (Fsp3) is 0.444. The van der Waals surface area contributed by atoms with E-state index in [1.165, 1.54) is 0 Å². The Bertz CT molecular complexity index is 1230. The fourth-order valence-corrected chi connectivity index (χ4v) is 4.56. The maximum Gasteiger partial charge on any atom is 0.251 e. The van der Waals surface area contributed by atoms with Crippen LogP contribution >= 0.6 is 0 Å². The number of hydrogen-bond donors (Lipinski definition) is 2. The number of pyridine rings is 1. The number of anilines is 1. The topological polar surface area (TPSA) is 104 Å². The second-order valence-corrected chi connectivity index (χ2v) is 9.13. The van der Waals surface area contributed by atoms with Crippen molar-refractivity contribution in [3.05, 3.63) is 53.2 Å². The van der Waals surface area contributed by atoms with Gasteiger partial charge in [-0.3, -0.25) is 14.7 Å². The SMILES string of the molecule is CNC(=O)c1ccc2c(C=NCc3cc(OCCN4CCOCC4)nc(N4CCOCC4)c3)c[nH]c2c1. The van der Waals surface area contributed by atoms with Crippen LogP contribution in [-0.2, 0) is 16.0 Å². The molecular formula is C27H34N6O4. The molecule has 2 aliphatic rings. The van der Waals surface area contributed by atoms with Crippen molar-refractivity contribution >= 4 is 28.8 Å². The zero-order valence-corrected chi connectivity index (χ0v) is 21.2. The van der Waals surface area contributed by atoms with Crippen molar-refractivity contribution in [3.8, 4) is 5.88 Å². The van der Waals surface area contributed by atoms with Gasteiger partial charge in [-0.25, -0.2) is 0 Å². The van der Waals surface area contributed by atoms with Gasteiger partial charge in [0.25, 0.3) is 5.91 Å². The lowest BCUT2D eigenvalue weighted by Crippen LogP contribution is -2.38. The van der Waals surface area contributed by atoms with Crippen LogP contribution in [0, 0.1) is 0 Å². The number of aliphatic imine (C=N–C) groups is 1. The second-order valence-electron chi connectivity index (χ2n) is 9.13. The average molecular weight is 507 g/mol. The lowest BCUT2D eigenvalue weighted by atomic mass is 10.1. The Morgan fingerprint density at radius 3 is 2.70 bits per heavy atom. The Labute approximate surface area is 216 Å². The van der Waals surface area contributed by atoms with Crippen molar-refractivity contribution in [3.63, 3.8) is 0 Å². The number of carbonyl (C=O) groups excluding carboxylic acids is 1. The minimum absolute atomic E-state index is 0.108. The van der Waals surface area contributed by atoms with Crippen molar-refractivity contribution in [1.29, 1.82) is 0 Å². The molecule has 0 atom stereocenters. The van der Waals surface area contributed by atoms with E-state index < -0.39 is 0 Å². The van der Waals surface area contributed by atoms with E-state index in [2.05, 4.69) is 26.2 Å². The highest BCUT2D eigenvalue weighted by Gasteiger charge is 2.16. The van der Waals surface area contributed by atoms with E-state index in [4.69, 9.17) is 24.2 Å². The van der Waals surface area contributed by atoms with Crippen LogP contribution in [0.25, 0.3) is 10.9 Å². The number of benzene rings is 1. The van der Waals surface area contributed by atoms with E-state index in [0.717, 1.165) is 73.8 Å². The molecule has 196 valence electrons. The summed E-state index contributed by atoms with van der Waals surface area (Å²) < 4.78 is 17.0.